The maximum atomic E-state index is 11.4. The van der Waals surface area contributed by atoms with Gasteiger partial charge in [0.15, 0.2) is 0 Å². The van der Waals surface area contributed by atoms with E-state index in [1.807, 2.05) is 25.1 Å². The predicted molar refractivity (Wildman–Crippen MR) is 59.4 cm³/mol. The second-order valence-corrected chi connectivity index (χ2v) is 4.41. The Bertz CT molecular complexity index is 414. The third kappa shape index (κ3) is 1.36. The average Bonchev–Trinajstić information content (AvgIpc) is 2.59. The van der Waals surface area contributed by atoms with Gasteiger partial charge in [-0.15, -0.1) is 0 Å². The summed E-state index contributed by atoms with van der Waals surface area (Å²) in [5.41, 5.74) is 1.22. The standard InChI is InChI=1S/C12H13ClO2/c1-2-12(11(14)15)7-6-8-9(12)4-3-5-10(8)13/h3-5H,2,6-7H2,1H3,(H,14,15)/t12-/m0/s1. The molecule has 0 aliphatic heterocycles. The molecule has 0 bridgehead atoms. The lowest BCUT2D eigenvalue weighted by molar-refractivity contribution is -0.144. The quantitative estimate of drug-likeness (QED) is 0.839. The molecule has 0 amide bonds. The summed E-state index contributed by atoms with van der Waals surface area (Å²) in [7, 11) is 0. The van der Waals surface area contributed by atoms with Gasteiger partial charge in [-0.3, -0.25) is 4.79 Å². The molecule has 2 nitrogen and oxygen atoms in total. The Hall–Kier alpha value is -1.02. The van der Waals surface area contributed by atoms with Crippen LogP contribution in [0.15, 0.2) is 18.2 Å². The van der Waals surface area contributed by atoms with E-state index in [0.29, 0.717) is 17.9 Å². The van der Waals surface area contributed by atoms with Crippen LogP contribution in [0.25, 0.3) is 0 Å². The first-order chi connectivity index (χ1) is 7.12. The third-order valence-electron chi connectivity index (χ3n) is 3.45. The van der Waals surface area contributed by atoms with Gasteiger partial charge in [0, 0.05) is 5.02 Å². The van der Waals surface area contributed by atoms with Crippen LogP contribution in [0.4, 0.5) is 0 Å². The van der Waals surface area contributed by atoms with E-state index in [1.54, 1.807) is 0 Å². The Balaban J connectivity index is 2.61. The molecule has 0 radical (unpaired) electrons. The molecule has 1 aromatic carbocycles. The van der Waals surface area contributed by atoms with E-state index in [1.165, 1.54) is 0 Å². The average molecular weight is 225 g/mol. The van der Waals surface area contributed by atoms with E-state index < -0.39 is 11.4 Å². The Labute approximate surface area is 93.9 Å². The van der Waals surface area contributed by atoms with Crippen molar-refractivity contribution in [1.29, 1.82) is 0 Å². The molecule has 1 aliphatic rings. The predicted octanol–water partition coefficient (Wildman–Crippen LogP) is 3.02. The largest absolute Gasteiger partial charge is 0.481 e. The molecule has 2 rings (SSSR count). The Morgan fingerprint density at radius 1 is 1.60 bits per heavy atom. The molecule has 1 aromatic rings. The van der Waals surface area contributed by atoms with E-state index in [0.717, 1.165) is 17.5 Å². The minimum Gasteiger partial charge on any atom is -0.481 e. The summed E-state index contributed by atoms with van der Waals surface area (Å²) < 4.78 is 0. The fraction of sp³-hybridized carbons (Fsp3) is 0.417. The fourth-order valence-corrected chi connectivity index (χ4v) is 2.74. The van der Waals surface area contributed by atoms with Crippen LogP contribution in [0, 0.1) is 0 Å². The van der Waals surface area contributed by atoms with Crippen molar-refractivity contribution in [3.05, 3.63) is 34.3 Å². The van der Waals surface area contributed by atoms with Crippen molar-refractivity contribution >= 4 is 17.6 Å². The number of fused-ring (bicyclic) bond motifs is 1. The number of hydrogen-bond acceptors (Lipinski definition) is 1. The number of benzene rings is 1. The number of carbonyl (C=O) groups is 1. The smallest absolute Gasteiger partial charge is 0.314 e. The molecule has 0 saturated heterocycles. The molecule has 0 heterocycles. The lowest BCUT2D eigenvalue weighted by Crippen LogP contribution is -2.32. The van der Waals surface area contributed by atoms with E-state index in [2.05, 4.69) is 0 Å². The highest BCUT2D eigenvalue weighted by molar-refractivity contribution is 6.31. The second kappa shape index (κ2) is 3.53. The van der Waals surface area contributed by atoms with E-state index in [-0.39, 0.29) is 0 Å². The van der Waals surface area contributed by atoms with Gasteiger partial charge in [-0.1, -0.05) is 30.7 Å². The van der Waals surface area contributed by atoms with Crippen LogP contribution in [0.1, 0.15) is 30.9 Å². The number of carboxylic acid groups (broad SMARTS) is 1. The second-order valence-electron chi connectivity index (χ2n) is 4.01. The number of hydrogen-bond donors (Lipinski definition) is 1. The minimum absolute atomic E-state index is 0.621. The van der Waals surface area contributed by atoms with Crippen molar-refractivity contribution in [2.45, 2.75) is 31.6 Å². The highest BCUT2D eigenvalue weighted by Gasteiger charge is 2.44. The van der Waals surface area contributed by atoms with Crippen LogP contribution >= 0.6 is 11.6 Å². The van der Waals surface area contributed by atoms with Crippen molar-refractivity contribution in [2.75, 3.05) is 0 Å². The van der Waals surface area contributed by atoms with Crippen LogP contribution in [-0.4, -0.2) is 11.1 Å². The molecule has 15 heavy (non-hydrogen) atoms. The van der Waals surface area contributed by atoms with E-state index in [4.69, 9.17) is 11.6 Å². The summed E-state index contributed by atoms with van der Waals surface area (Å²) in [5, 5.41) is 10.1. The zero-order chi connectivity index (χ0) is 11.1. The van der Waals surface area contributed by atoms with Crippen molar-refractivity contribution in [3.8, 4) is 0 Å². The minimum atomic E-state index is -0.731. The van der Waals surface area contributed by atoms with Gasteiger partial charge < -0.3 is 5.11 Å². The molecule has 0 spiro atoms. The van der Waals surface area contributed by atoms with Gasteiger partial charge in [0.25, 0.3) is 0 Å². The molecule has 80 valence electrons. The summed E-state index contributed by atoms with van der Waals surface area (Å²) in [4.78, 5) is 11.4. The molecule has 3 heteroatoms. The molecule has 1 atom stereocenters. The summed E-state index contributed by atoms with van der Waals surface area (Å²) in [5.74, 6) is -0.731. The van der Waals surface area contributed by atoms with E-state index in [9.17, 15) is 9.90 Å². The van der Waals surface area contributed by atoms with Crippen molar-refractivity contribution < 1.29 is 9.90 Å². The monoisotopic (exact) mass is 224 g/mol. The Morgan fingerprint density at radius 3 is 2.93 bits per heavy atom. The fourth-order valence-electron chi connectivity index (χ4n) is 2.47. The lowest BCUT2D eigenvalue weighted by Gasteiger charge is -2.23. The highest BCUT2D eigenvalue weighted by Crippen LogP contribution is 2.44. The molecule has 1 aliphatic carbocycles. The van der Waals surface area contributed by atoms with Crippen LogP contribution in [0.2, 0.25) is 5.02 Å². The van der Waals surface area contributed by atoms with Crippen molar-refractivity contribution in [3.63, 3.8) is 0 Å². The molecule has 0 aromatic heterocycles. The first-order valence-corrected chi connectivity index (χ1v) is 5.51. The van der Waals surface area contributed by atoms with Gasteiger partial charge >= 0.3 is 5.97 Å². The molecule has 1 N–H and O–H groups in total. The van der Waals surface area contributed by atoms with Gasteiger partial charge in [0.2, 0.25) is 0 Å². The van der Waals surface area contributed by atoms with Crippen LogP contribution < -0.4 is 0 Å². The molecular weight excluding hydrogens is 212 g/mol. The topological polar surface area (TPSA) is 37.3 Å². The zero-order valence-electron chi connectivity index (χ0n) is 8.59. The molecule has 0 unspecified atom stereocenters. The summed E-state index contributed by atoms with van der Waals surface area (Å²) in [6, 6.07) is 5.56. The van der Waals surface area contributed by atoms with E-state index >= 15 is 0 Å². The zero-order valence-corrected chi connectivity index (χ0v) is 9.34. The van der Waals surface area contributed by atoms with Gasteiger partial charge in [0.1, 0.15) is 0 Å². The van der Waals surface area contributed by atoms with Crippen LogP contribution in [0.5, 0.6) is 0 Å². The molecular formula is C12H13ClO2. The number of halogens is 1. The summed E-state index contributed by atoms with van der Waals surface area (Å²) in [6.45, 7) is 1.92. The van der Waals surface area contributed by atoms with Gasteiger partial charge in [-0.25, -0.2) is 0 Å². The summed E-state index contributed by atoms with van der Waals surface area (Å²) >= 11 is 6.07. The summed E-state index contributed by atoms with van der Waals surface area (Å²) in [6.07, 6.45) is 2.06. The van der Waals surface area contributed by atoms with Crippen LogP contribution in [-0.2, 0) is 16.6 Å². The van der Waals surface area contributed by atoms with Gasteiger partial charge in [-0.2, -0.15) is 0 Å². The third-order valence-corrected chi connectivity index (χ3v) is 3.80. The highest BCUT2D eigenvalue weighted by atomic mass is 35.5. The van der Waals surface area contributed by atoms with Gasteiger partial charge in [-0.05, 0) is 36.5 Å². The first-order valence-electron chi connectivity index (χ1n) is 5.13. The van der Waals surface area contributed by atoms with Crippen molar-refractivity contribution in [1.82, 2.24) is 0 Å². The molecule has 0 saturated carbocycles. The normalized spacial score (nSPS) is 23.9. The SMILES string of the molecule is CC[C@]1(C(=O)O)CCc2c(Cl)cccc21. The lowest BCUT2D eigenvalue weighted by atomic mass is 9.79. The van der Waals surface area contributed by atoms with Crippen molar-refractivity contribution in [2.24, 2.45) is 0 Å². The Kier molecular flexibility index (Phi) is 2.47. The van der Waals surface area contributed by atoms with Crippen LogP contribution in [0.3, 0.4) is 0 Å². The Morgan fingerprint density at radius 2 is 2.33 bits per heavy atom. The number of aliphatic carboxylic acids is 1. The van der Waals surface area contributed by atoms with Gasteiger partial charge in [0.05, 0.1) is 5.41 Å². The maximum Gasteiger partial charge on any atom is 0.314 e. The number of carboxylic acids is 1. The molecule has 0 fully saturated rings. The maximum absolute atomic E-state index is 11.4. The first kappa shape index (κ1) is 10.5. The number of rotatable bonds is 2.